The summed E-state index contributed by atoms with van der Waals surface area (Å²) in [6, 6.07) is 49.2. The molecule has 0 saturated carbocycles. The Bertz CT molecular complexity index is 2390. The van der Waals surface area contributed by atoms with E-state index in [4.69, 9.17) is 18.9 Å². The number of carbonyl (C=O) groups is 2. The standard InChI is InChI=1S/C26H24O4.C23H18O4/c1-3-23-25(21-10-6-4-8-19(21)20-9-5-7-11-22(20)25)16-29-26(30-23,24(27)28)18-14-12-17(2)13-15-18;24-21(25)23(16-8-2-1-3-9-16)26-14-22(15-27-23)19-12-6-4-10-17(19)18-11-5-7-13-20(18)22/h4-15,23H,3,16H2,1-2H3,(H,27,28);1-13H,14-15H2,(H,24,25). The Balaban J connectivity index is 0.000000149. The van der Waals surface area contributed by atoms with Crippen LogP contribution in [0.4, 0.5) is 0 Å². The highest BCUT2D eigenvalue weighted by atomic mass is 16.7. The summed E-state index contributed by atoms with van der Waals surface area (Å²) in [5.41, 5.74) is 10.2. The number of carboxylic acids is 2. The molecule has 0 aromatic heterocycles. The predicted octanol–water partition coefficient (Wildman–Crippen LogP) is 8.96. The number of fused-ring (bicyclic) bond motifs is 10. The Kier molecular flexibility index (Phi) is 8.98. The van der Waals surface area contributed by atoms with Gasteiger partial charge in [-0.1, -0.05) is 164 Å². The van der Waals surface area contributed by atoms with Gasteiger partial charge < -0.3 is 29.2 Å². The minimum absolute atomic E-state index is 0.236. The van der Waals surface area contributed by atoms with Crippen LogP contribution in [0.3, 0.4) is 0 Å². The number of rotatable bonds is 5. The van der Waals surface area contributed by atoms with Crippen LogP contribution in [0.1, 0.15) is 52.3 Å². The van der Waals surface area contributed by atoms with E-state index < -0.39 is 34.3 Å². The lowest BCUT2D eigenvalue weighted by atomic mass is 9.72. The number of hydrogen-bond donors (Lipinski definition) is 2. The topological polar surface area (TPSA) is 112 Å². The first kappa shape index (κ1) is 36.7. The molecule has 6 aromatic carbocycles. The van der Waals surface area contributed by atoms with Gasteiger partial charge in [0.05, 0.1) is 36.8 Å². The molecule has 2 unspecified atom stereocenters. The van der Waals surface area contributed by atoms with Crippen molar-refractivity contribution < 1.29 is 38.7 Å². The van der Waals surface area contributed by atoms with Gasteiger partial charge in [-0.25, -0.2) is 9.59 Å². The normalized spacial score (nSPS) is 23.0. The first-order valence-corrected chi connectivity index (χ1v) is 19.3. The van der Waals surface area contributed by atoms with Crippen molar-refractivity contribution in [3.05, 3.63) is 191 Å². The van der Waals surface area contributed by atoms with Crippen LogP contribution in [0.2, 0.25) is 0 Å². The van der Waals surface area contributed by atoms with Crippen molar-refractivity contribution in [1.29, 1.82) is 0 Å². The fraction of sp³-hybridized carbons (Fsp3) is 0.224. The highest BCUT2D eigenvalue weighted by Gasteiger charge is 2.60. The van der Waals surface area contributed by atoms with Gasteiger partial charge >= 0.3 is 11.9 Å². The van der Waals surface area contributed by atoms with Crippen molar-refractivity contribution in [2.75, 3.05) is 19.8 Å². The number of benzene rings is 6. The molecule has 2 spiro atoms. The van der Waals surface area contributed by atoms with E-state index >= 15 is 0 Å². The molecule has 57 heavy (non-hydrogen) atoms. The fourth-order valence-electron chi connectivity index (χ4n) is 9.43. The SMILES string of the molecule is CCC1OC(C(=O)O)(c2ccc(C)cc2)OCC12c1ccccc1-c1ccccc12.O=C(O)C1(c2ccccc2)OCC2(CO1)c1ccccc1-c1ccccc12. The summed E-state index contributed by atoms with van der Waals surface area (Å²) in [5.74, 6) is -5.85. The first-order chi connectivity index (χ1) is 27.7. The van der Waals surface area contributed by atoms with Crippen molar-refractivity contribution >= 4 is 11.9 Å². The predicted molar refractivity (Wildman–Crippen MR) is 215 cm³/mol. The molecule has 8 heteroatoms. The number of aryl methyl sites for hydroxylation is 1. The van der Waals surface area contributed by atoms with Crippen LogP contribution in [-0.2, 0) is 50.9 Å². The number of carboxylic acid groups (broad SMARTS) is 2. The molecular weight excluding hydrogens is 717 g/mol. The van der Waals surface area contributed by atoms with Gasteiger partial charge in [0.2, 0.25) is 0 Å². The average Bonchev–Trinajstić information content (AvgIpc) is 3.69. The fourth-order valence-corrected chi connectivity index (χ4v) is 9.43. The number of hydrogen-bond acceptors (Lipinski definition) is 6. The highest BCUT2D eigenvalue weighted by molar-refractivity contribution is 5.84. The van der Waals surface area contributed by atoms with E-state index in [0.717, 1.165) is 50.1 Å². The Morgan fingerprint density at radius 2 is 0.930 bits per heavy atom. The molecule has 2 fully saturated rings. The zero-order chi connectivity index (χ0) is 39.4. The van der Waals surface area contributed by atoms with Crippen LogP contribution in [0, 0.1) is 6.92 Å². The van der Waals surface area contributed by atoms with E-state index in [1.54, 1.807) is 36.4 Å². The summed E-state index contributed by atoms with van der Waals surface area (Å²) in [6.45, 7) is 4.73. The van der Waals surface area contributed by atoms with Crippen molar-refractivity contribution in [2.45, 2.75) is 48.8 Å². The Labute approximate surface area is 331 Å². The molecule has 2 saturated heterocycles. The number of aliphatic carboxylic acids is 2. The zero-order valence-electron chi connectivity index (χ0n) is 31.7. The van der Waals surface area contributed by atoms with E-state index in [-0.39, 0.29) is 25.9 Å². The van der Waals surface area contributed by atoms with Crippen LogP contribution < -0.4 is 0 Å². The highest BCUT2D eigenvalue weighted by Crippen LogP contribution is 2.56. The zero-order valence-corrected chi connectivity index (χ0v) is 31.7. The Hall–Kier alpha value is -5.90. The minimum Gasteiger partial charge on any atom is -0.477 e. The van der Waals surface area contributed by atoms with Crippen LogP contribution in [-0.4, -0.2) is 48.1 Å². The molecule has 2 N–H and O–H groups in total. The summed E-state index contributed by atoms with van der Waals surface area (Å²) in [4.78, 5) is 24.6. The van der Waals surface area contributed by atoms with Crippen LogP contribution in [0.5, 0.6) is 0 Å². The van der Waals surface area contributed by atoms with Crippen molar-refractivity contribution in [3.63, 3.8) is 0 Å². The van der Waals surface area contributed by atoms with E-state index in [0.29, 0.717) is 17.5 Å². The first-order valence-electron chi connectivity index (χ1n) is 19.3. The molecule has 4 aliphatic rings. The molecule has 6 aromatic rings. The summed E-state index contributed by atoms with van der Waals surface area (Å²) in [6.07, 6.45) is 0.306. The second kappa shape index (κ2) is 13.9. The van der Waals surface area contributed by atoms with Crippen LogP contribution >= 0.6 is 0 Å². The van der Waals surface area contributed by atoms with Gasteiger partial charge in [-0.2, -0.15) is 0 Å². The largest absolute Gasteiger partial charge is 0.477 e. The van der Waals surface area contributed by atoms with E-state index in [2.05, 4.69) is 48.5 Å². The van der Waals surface area contributed by atoms with Gasteiger partial charge in [0, 0.05) is 11.1 Å². The van der Waals surface area contributed by atoms with Gasteiger partial charge in [-0.15, -0.1) is 0 Å². The second-order valence-electron chi connectivity index (χ2n) is 15.2. The molecule has 286 valence electrons. The van der Waals surface area contributed by atoms with Crippen molar-refractivity contribution in [3.8, 4) is 22.3 Å². The van der Waals surface area contributed by atoms with Gasteiger partial charge in [0.1, 0.15) is 0 Å². The van der Waals surface area contributed by atoms with E-state index in [9.17, 15) is 19.8 Å². The summed E-state index contributed by atoms with van der Waals surface area (Å²) in [7, 11) is 0. The Morgan fingerprint density at radius 1 is 0.526 bits per heavy atom. The number of ether oxygens (including phenoxy) is 4. The van der Waals surface area contributed by atoms with Crippen molar-refractivity contribution in [2.24, 2.45) is 0 Å². The maximum absolute atomic E-state index is 12.5. The lowest BCUT2D eigenvalue weighted by Crippen LogP contribution is -2.58. The molecule has 10 rings (SSSR count). The van der Waals surface area contributed by atoms with Crippen LogP contribution in [0.15, 0.2) is 152 Å². The third-order valence-corrected chi connectivity index (χ3v) is 12.2. The molecule has 2 aliphatic carbocycles. The van der Waals surface area contributed by atoms with E-state index in [1.807, 2.05) is 80.6 Å². The summed E-state index contributed by atoms with van der Waals surface area (Å²) >= 11 is 0. The van der Waals surface area contributed by atoms with Gasteiger partial charge in [0.25, 0.3) is 11.6 Å². The second-order valence-corrected chi connectivity index (χ2v) is 15.2. The smallest absolute Gasteiger partial charge is 0.369 e. The quantitative estimate of drug-likeness (QED) is 0.179. The lowest BCUT2D eigenvalue weighted by Gasteiger charge is -2.49. The molecule has 2 atom stereocenters. The molecular formula is C49H42O8. The Morgan fingerprint density at radius 3 is 1.40 bits per heavy atom. The van der Waals surface area contributed by atoms with Gasteiger partial charge in [-0.3, -0.25) is 0 Å². The minimum atomic E-state index is -1.81. The monoisotopic (exact) mass is 758 g/mol. The van der Waals surface area contributed by atoms with E-state index in [1.165, 1.54) is 0 Å². The molecule has 2 heterocycles. The van der Waals surface area contributed by atoms with Gasteiger partial charge in [0.15, 0.2) is 0 Å². The average molecular weight is 759 g/mol. The maximum Gasteiger partial charge on any atom is 0.369 e. The molecule has 0 radical (unpaired) electrons. The summed E-state index contributed by atoms with van der Waals surface area (Å²) in [5, 5.41) is 20.1. The maximum atomic E-state index is 12.5. The molecule has 0 bridgehead atoms. The lowest BCUT2D eigenvalue weighted by molar-refractivity contribution is -0.312. The molecule has 2 aliphatic heterocycles. The van der Waals surface area contributed by atoms with Gasteiger partial charge in [-0.05, 0) is 57.9 Å². The van der Waals surface area contributed by atoms with Crippen LogP contribution in [0.25, 0.3) is 22.3 Å². The third kappa shape index (κ3) is 5.43. The third-order valence-electron chi connectivity index (χ3n) is 12.2. The molecule has 8 nitrogen and oxygen atoms in total. The molecule has 0 amide bonds. The van der Waals surface area contributed by atoms with Crippen molar-refractivity contribution in [1.82, 2.24) is 0 Å². The summed E-state index contributed by atoms with van der Waals surface area (Å²) < 4.78 is 24.7.